The van der Waals surface area contributed by atoms with Crippen LogP contribution in [0, 0.1) is 0 Å². The quantitative estimate of drug-likeness (QED) is 0.231. The van der Waals surface area contributed by atoms with Gasteiger partial charge in [-0.15, -0.1) is 0 Å². The minimum absolute atomic E-state index is 0.0497. The number of aliphatic carboxylic acids is 1. The van der Waals surface area contributed by atoms with E-state index in [0.29, 0.717) is 28.1 Å². The van der Waals surface area contributed by atoms with Crippen molar-refractivity contribution in [1.29, 1.82) is 0 Å². The molecule has 1 saturated carbocycles. The van der Waals surface area contributed by atoms with Gasteiger partial charge in [-0.3, -0.25) is 4.79 Å². The van der Waals surface area contributed by atoms with E-state index in [1.54, 1.807) is 47.0 Å². The van der Waals surface area contributed by atoms with E-state index in [-0.39, 0.29) is 23.5 Å². The molecule has 0 saturated heterocycles. The summed E-state index contributed by atoms with van der Waals surface area (Å²) in [5.41, 5.74) is 1.34. The Hall–Kier alpha value is -4.46. The maximum absolute atomic E-state index is 12.4. The van der Waals surface area contributed by atoms with Crippen molar-refractivity contribution in [3.63, 3.8) is 0 Å². The molecule has 202 valence electrons. The Balaban J connectivity index is 1.52. The number of carboxylic acids is 2. The Bertz CT molecular complexity index is 1480. The zero-order valence-corrected chi connectivity index (χ0v) is 21.9. The van der Waals surface area contributed by atoms with Crippen molar-refractivity contribution in [2.45, 2.75) is 58.2 Å². The molecular formula is C31H31NO7. The average Bonchev–Trinajstić information content (AvgIpc) is 3.50. The van der Waals surface area contributed by atoms with Gasteiger partial charge in [-0.25, -0.2) is 4.79 Å². The molecule has 39 heavy (non-hydrogen) atoms. The molecule has 0 atom stereocenters. The van der Waals surface area contributed by atoms with Gasteiger partial charge in [-0.2, -0.15) is 0 Å². The van der Waals surface area contributed by atoms with Crippen LogP contribution < -0.4 is 14.2 Å². The number of ether oxygens (including phenoxy) is 3. The van der Waals surface area contributed by atoms with Crippen molar-refractivity contribution < 1.29 is 34.0 Å². The van der Waals surface area contributed by atoms with E-state index < -0.39 is 18.4 Å². The van der Waals surface area contributed by atoms with Gasteiger partial charge in [0, 0.05) is 16.8 Å². The third kappa shape index (κ3) is 5.85. The zero-order chi connectivity index (χ0) is 27.5. The van der Waals surface area contributed by atoms with Crippen LogP contribution in [-0.2, 0) is 11.2 Å². The summed E-state index contributed by atoms with van der Waals surface area (Å²) in [6.45, 7) is 3.89. The second-order valence-corrected chi connectivity index (χ2v) is 9.97. The lowest BCUT2D eigenvalue weighted by molar-refractivity contribution is -0.136. The Morgan fingerprint density at radius 1 is 0.872 bits per heavy atom. The molecule has 4 aromatic rings. The maximum Gasteiger partial charge on any atom is 0.338 e. The number of nitrogens with zero attached hydrogens (tertiary/aromatic N) is 1. The molecule has 1 fully saturated rings. The second-order valence-electron chi connectivity index (χ2n) is 9.97. The molecule has 0 amide bonds. The molecule has 2 N–H and O–H groups in total. The summed E-state index contributed by atoms with van der Waals surface area (Å²) in [4.78, 5) is 24.2. The van der Waals surface area contributed by atoms with Gasteiger partial charge in [0.25, 0.3) is 0 Å². The molecule has 3 aromatic carbocycles. The highest BCUT2D eigenvalue weighted by molar-refractivity contribution is 6.07. The predicted octanol–water partition coefficient (Wildman–Crippen LogP) is 6.86. The first kappa shape index (κ1) is 26.2. The topological polar surface area (TPSA) is 107 Å². The SMILES string of the molecule is CC(C)Oc1ccc(Oc2ccc3c(c2)c(C(=O)O)c(CC(=O)O)n3-c2ccc(OC3CCCC3)cc2)cc1. The highest BCUT2D eigenvalue weighted by atomic mass is 16.5. The molecule has 8 heteroatoms. The van der Waals surface area contributed by atoms with Gasteiger partial charge in [0.1, 0.15) is 23.0 Å². The van der Waals surface area contributed by atoms with E-state index in [2.05, 4.69) is 0 Å². The fourth-order valence-electron chi connectivity index (χ4n) is 5.10. The van der Waals surface area contributed by atoms with Gasteiger partial charge in [0.15, 0.2) is 0 Å². The van der Waals surface area contributed by atoms with Crippen LogP contribution in [0.1, 0.15) is 55.6 Å². The standard InChI is InChI=1S/C31H31NO7/c1-19(2)37-22-11-13-24(14-12-22)39-25-15-16-27-26(17-25)30(31(35)36)28(18-29(33)34)32(27)20-7-9-23(10-8-20)38-21-5-3-4-6-21/h7-17,19,21H,3-6,18H2,1-2H3,(H,33,34)(H,35,36). The Morgan fingerprint density at radius 3 is 2.10 bits per heavy atom. The molecule has 0 aliphatic heterocycles. The third-order valence-electron chi connectivity index (χ3n) is 6.70. The molecule has 1 aliphatic carbocycles. The fraction of sp³-hybridized carbons (Fsp3) is 0.290. The van der Waals surface area contributed by atoms with Crippen LogP contribution in [0.3, 0.4) is 0 Å². The monoisotopic (exact) mass is 529 g/mol. The van der Waals surface area contributed by atoms with Crippen LogP contribution in [0.25, 0.3) is 16.6 Å². The first-order valence-corrected chi connectivity index (χ1v) is 13.1. The van der Waals surface area contributed by atoms with Crippen LogP contribution in [0.4, 0.5) is 0 Å². The van der Waals surface area contributed by atoms with E-state index >= 15 is 0 Å². The lowest BCUT2D eigenvalue weighted by Crippen LogP contribution is -2.12. The zero-order valence-electron chi connectivity index (χ0n) is 21.9. The van der Waals surface area contributed by atoms with Crippen molar-refractivity contribution in [1.82, 2.24) is 4.57 Å². The normalized spacial score (nSPS) is 13.6. The van der Waals surface area contributed by atoms with E-state index in [0.717, 1.165) is 37.2 Å². The summed E-state index contributed by atoms with van der Waals surface area (Å²) < 4.78 is 19.4. The Morgan fingerprint density at radius 2 is 1.49 bits per heavy atom. The molecule has 8 nitrogen and oxygen atoms in total. The highest BCUT2D eigenvalue weighted by Crippen LogP contribution is 2.35. The summed E-state index contributed by atoms with van der Waals surface area (Å²) in [5, 5.41) is 20.2. The van der Waals surface area contributed by atoms with Gasteiger partial charge in [-0.1, -0.05) is 0 Å². The molecule has 5 rings (SSSR count). The fourth-order valence-corrected chi connectivity index (χ4v) is 5.10. The number of hydrogen-bond donors (Lipinski definition) is 2. The molecule has 1 aliphatic rings. The largest absolute Gasteiger partial charge is 0.491 e. The third-order valence-corrected chi connectivity index (χ3v) is 6.70. The predicted molar refractivity (Wildman–Crippen MR) is 147 cm³/mol. The van der Waals surface area contributed by atoms with Crippen LogP contribution in [0.5, 0.6) is 23.0 Å². The number of aromatic nitrogens is 1. The molecule has 0 unspecified atom stereocenters. The van der Waals surface area contributed by atoms with Gasteiger partial charge in [0.05, 0.1) is 29.7 Å². The van der Waals surface area contributed by atoms with Crippen LogP contribution in [-0.4, -0.2) is 38.9 Å². The van der Waals surface area contributed by atoms with Crippen molar-refractivity contribution in [2.24, 2.45) is 0 Å². The number of aromatic carboxylic acids is 1. The highest BCUT2D eigenvalue weighted by Gasteiger charge is 2.25. The van der Waals surface area contributed by atoms with Crippen molar-refractivity contribution in [3.8, 4) is 28.7 Å². The minimum atomic E-state index is -1.21. The molecule has 1 heterocycles. The Kier molecular flexibility index (Phi) is 7.45. The van der Waals surface area contributed by atoms with Crippen LogP contribution in [0.2, 0.25) is 0 Å². The first-order valence-electron chi connectivity index (χ1n) is 13.1. The van der Waals surface area contributed by atoms with Crippen molar-refractivity contribution in [2.75, 3.05) is 0 Å². The van der Waals surface area contributed by atoms with Gasteiger partial charge < -0.3 is 29.0 Å². The lowest BCUT2D eigenvalue weighted by Gasteiger charge is -2.15. The average molecular weight is 530 g/mol. The maximum atomic E-state index is 12.4. The van der Waals surface area contributed by atoms with Crippen molar-refractivity contribution in [3.05, 3.63) is 78.0 Å². The molecular weight excluding hydrogens is 498 g/mol. The number of rotatable bonds is 10. The lowest BCUT2D eigenvalue weighted by atomic mass is 10.1. The molecule has 1 aromatic heterocycles. The second kappa shape index (κ2) is 11.1. The van der Waals surface area contributed by atoms with Crippen LogP contribution in [0.15, 0.2) is 66.7 Å². The van der Waals surface area contributed by atoms with E-state index in [4.69, 9.17) is 14.2 Å². The number of carbonyl (C=O) groups is 2. The Labute approximate surface area is 226 Å². The summed E-state index contributed by atoms with van der Waals surface area (Å²) in [6, 6.07) is 19.6. The number of hydrogen-bond acceptors (Lipinski definition) is 5. The summed E-state index contributed by atoms with van der Waals surface area (Å²) in [7, 11) is 0. The van der Waals surface area contributed by atoms with E-state index in [9.17, 15) is 19.8 Å². The summed E-state index contributed by atoms with van der Waals surface area (Å²) >= 11 is 0. The molecule has 0 spiro atoms. The van der Waals surface area contributed by atoms with Crippen molar-refractivity contribution >= 4 is 22.8 Å². The smallest absolute Gasteiger partial charge is 0.338 e. The van der Waals surface area contributed by atoms with Gasteiger partial charge in [0.2, 0.25) is 0 Å². The number of benzene rings is 3. The van der Waals surface area contributed by atoms with E-state index in [1.807, 2.05) is 38.1 Å². The summed E-state index contributed by atoms with van der Waals surface area (Å²) in [6.07, 6.45) is 4.21. The summed E-state index contributed by atoms with van der Waals surface area (Å²) in [5.74, 6) is 0.121. The molecule has 0 radical (unpaired) electrons. The van der Waals surface area contributed by atoms with Gasteiger partial charge >= 0.3 is 11.9 Å². The number of carboxylic acid groups (broad SMARTS) is 2. The van der Waals surface area contributed by atoms with Crippen LogP contribution >= 0.6 is 0 Å². The molecule has 0 bridgehead atoms. The van der Waals surface area contributed by atoms with E-state index in [1.165, 1.54) is 0 Å². The minimum Gasteiger partial charge on any atom is -0.491 e. The number of fused-ring (bicyclic) bond motifs is 1. The first-order chi connectivity index (χ1) is 18.8. The van der Waals surface area contributed by atoms with Gasteiger partial charge in [-0.05, 0) is 106 Å².